The van der Waals surface area contributed by atoms with Crippen LogP contribution in [0.15, 0.2) is 152 Å². The zero-order chi connectivity index (χ0) is 39.2. The van der Waals surface area contributed by atoms with Crippen LogP contribution in [-0.4, -0.2) is 19.5 Å². The van der Waals surface area contributed by atoms with E-state index in [1.807, 2.05) is 34.9 Å². The lowest BCUT2D eigenvalue weighted by molar-refractivity contribution is 0.594. The SMILES string of the molecule is CC1C=Cc2c(c3cc(-c4cccc(-c5cccc(-c6cccc7c8c(sc67)C(C)(c6cccc7c6sc6ccccc67)CC=C8)n5)n4)ccc3n2-c2ccccn2)C1. The highest BCUT2D eigenvalue weighted by Gasteiger charge is 2.37. The molecule has 59 heavy (non-hydrogen) atoms. The van der Waals surface area contributed by atoms with Crippen molar-refractivity contribution in [3.05, 3.63) is 179 Å². The maximum Gasteiger partial charge on any atom is 0.137 e. The number of nitrogens with zero attached hydrogens (tertiary/aromatic N) is 4. The minimum Gasteiger partial charge on any atom is -0.294 e. The zero-order valence-electron chi connectivity index (χ0n) is 32.7. The molecule has 6 aromatic heterocycles. The van der Waals surface area contributed by atoms with Crippen molar-refractivity contribution >= 4 is 76.0 Å². The van der Waals surface area contributed by atoms with E-state index in [1.165, 1.54) is 68.4 Å². The molecule has 0 amide bonds. The minimum atomic E-state index is -0.149. The molecule has 0 saturated heterocycles. The van der Waals surface area contributed by atoms with Crippen LogP contribution in [0.1, 0.15) is 47.5 Å². The van der Waals surface area contributed by atoms with Crippen molar-refractivity contribution in [3.8, 4) is 39.7 Å². The number of aromatic nitrogens is 4. The first kappa shape index (κ1) is 34.6. The Kier molecular flexibility index (Phi) is 7.78. The van der Waals surface area contributed by atoms with Crippen LogP contribution >= 0.6 is 22.7 Å². The lowest BCUT2D eigenvalue weighted by atomic mass is 9.73. The molecule has 2 unspecified atom stereocenters. The van der Waals surface area contributed by atoms with Gasteiger partial charge in [0.1, 0.15) is 5.82 Å². The normalized spacial score (nSPS) is 17.3. The largest absolute Gasteiger partial charge is 0.294 e. The summed E-state index contributed by atoms with van der Waals surface area (Å²) in [6, 6.07) is 47.9. The summed E-state index contributed by atoms with van der Waals surface area (Å²) in [4.78, 5) is 16.7. The van der Waals surface area contributed by atoms with Crippen LogP contribution in [0, 0.1) is 5.92 Å². The predicted molar refractivity (Wildman–Crippen MR) is 250 cm³/mol. The van der Waals surface area contributed by atoms with Crippen molar-refractivity contribution in [2.45, 2.75) is 32.1 Å². The van der Waals surface area contributed by atoms with Crippen LogP contribution in [0.3, 0.4) is 0 Å². The Labute approximate surface area is 350 Å². The second-order valence-electron chi connectivity index (χ2n) is 16.2. The molecule has 0 bridgehead atoms. The summed E-state index contributed by atoms with van der Waals surface area (Å²) in [6.07, 6.45) is 13.1. The summed E-state index contributed by atoms with van der Waals surface area (Å²) < 4.78 is 6.32. The average molecular weight is 795 g/mol. The van der Waals surface area contributed by atoms with Crippen molar-refractivity contribution in [1.29, 1.82) is 0 Å². The van der Waals surface area contributed by atoms with Gasteiger partial charge in [-0.25, -0.2) is 15.0 Å². The molecule has 10 aromatic rings. The van der Waals surface area contributed by atoms with Crippen molar-refractivity contribution < 1.29 is 0 Å². The molecule has 0 aliphatic heterocycles. The summed E-state index contributed by atoms with van der Waals surface area (Å²) in [5, 5.41) is 5.24. The van der Waals surface area contributed by atoms with Gasteiger partial charge in [0.2, 0.25) is 0 Å². The third-order valence-electron chi connectivity index (χ3n) is 12.5. The fourth-order valence-electron chi connectivity index (χ4n) is 9.60. The van der Waals surface area contributed by atoms with Crippen molar-refractivity contribution in [1.82, 2.24) is 19.5 Å². The van der Waals surface area contributed by atoms with E-state index < -0.39 is 0 Å². The zero-order valence-corrected chi connectivity index (χ0v) is 34.3. The summed E-state index contributed by atoms with van der Waals surface area (Å²) in [5.41, 5.74) is 12.2. The van der Waals surface area contributed by atoms with E-state index in [1.54, 1.807) is 0 Å². The van der Waals surface area contributed by atoms with Crippen LogP contribution in [0.4, 0.5) is 0 Å². The van der Waals surface area contributed by atoms with Crippen LogP contribution in [0.25, 0.3) is 93.0 Å². The van der Waals surface area contributed by atoms with E-state index in [2.05, 4.69) is 170 Å². The van der Waals surface area contributed by atoms with Crippen LogP contribution in [0.2, 0.25) is 0 Å². The van der Waals surface area contributed by atoms with Crippen LogP contribution in [0.5, 0.6) is 0 Å². The van der Waals surface area contributed by atoms with Gasteiger partial charge in [-0.05, 0) is 96.1 Å². The number of hydrogen-bond acceptors (Lipinski definition) is 5. The van der Waals surface area contributed by atoms with Crippen molar-refractivity contribution in [2.75, 3.05) is 0 Å². The fraction of sp³-hybridized carbons (Fsp3) is 0.113. The Balaban J connectivity index is 0.933. The van der Waals surface area contributed by atoms with Crippen LogP contribution in [-0.2, 0) is 11.8 Å². The van der Waals surface area contributed by atoms with Gasteiger partial charge in [-0.2, -0.15) is 0 Å². The molecule has 282 valence electrons. The molecule has 0 N–H and O–H groups in total. The monoisotopic (exact) mass is 794 g/mol. The molecule has 4 nitrogen and oxygen atoms in total. The van der Waals surface area contributed by atoms with Gasteiger partial charge in [-0.15, -0.1) is 22.7 Å². The van der Waals surface area contributed by atoms with Gasteiger partial charge in [0.25, 0.3) is 0 Å². The third kappa shape index (κ3) is 5.36. The van der Waals surface area contributed by atoms with Crippen LogP contribution < -0.4 is 0 Å². The molecule has 2 aliphatic carbocycles. The summed E-state index contributed by atoms with van der Waals surface area (Å²) in [7, 11) is 0. The summed E-state index contributed by atoms with van der Waals surface area (Å²) in [6.45, 7) is 4.73. The Morgan fingerprint density at radius 3 is 2.31 bits per heavy atom. The topological polar surface area (TPSA) is 43.6 Å². The molecule has 2 atom stereocenters. The van der Waals surface area contributed by atoms with E-state index in [-0.39, 0.29) is 5.41 Å². The number of benzene rings is 4. The fourth-order valence-corrected chi connectivity index (χ4v) is 12.4. The Morgan fingerprint density at radius 1 is 0.661 bits per heavy atom. The van der Waals surface area contributed by atoms with Gasteiger partial charge < -0.3 is 0 Å². The smallest absolute Gasteiger partial charge is 0.137 e. The molecule has 0 fully saturated rings. The summed E-state index contributed by atoms with van der Waals surface area (Å²) in [5.74, 6) is 1.41. The standard InChI is InChI=1S/C53H38N4S2/c1-32-24-26-46-39(30-32)40-31-33(25-27-47(40)57(46)49-23-5-6-29-54-49)42-18-9-20-44(55-42)45-21-10-19-43(56-45)38-15-7-13-36-37-16-11-28-53(2,52(37)59-50(36)38)41-17-8-14-35-34-12-3-4-22-48(34)58-51(35)41/h3-27,29,31-32H,28,30H2,1-2H3. The Bertz CT molecular complexity index is 3380. The average Bonchev–Trinajstić information content (AvgIpc) is 3.97. The highest BCUT2D eigenvalue weighted by Crippen LogP contribution is 2.52. The molecule has 6 heteroatoms. The van der Waals surface area contributed by atoms with E-state index in [0.29, 0.717) is 5.92 Å². The molecule has 0 radical (unpaired) electrons. The minimum absolute atomic E-state index is 0.149. The lowest BCUT2D eigenvalue weighted by Gasteiger charge is -2.32. The molecule has 4 aromatic carbocycles. The highest BCUT2D eigenvalue weighted by molar-refractivity contribution is 7.26. The molecule has 12 rings (SSSR count). The van der Waals surface area contributed by atoms with Gasteiger partial charge in [0.15, 0.2) is 0 Å². The van der Waals surface area contributed by atoms with Crippen molar-refractivity contribution in [3.63, 3.8) is 0 Å². The van der Waals surface area contributed by atoms with Gasteiger partial charge in [0.05, 0.1) is 34.0 Å². The first-order valence-corrected chi connectivity index (χ1v) is 22.0. The van der Waals surface area contributed by atoms with Gasteiger partial charge in [-0.1, -0.05) is 111 Å². The number of pyridine rings is 3. The molecule has 2 aliphatic rings. The quantitative estimate of drug-likeness (QED) is 0.174. The van der Waals surface area contributed by atoms with Crippen molar-refractivity contribution in [2.24, 2.45) is 5.92 Å². The Morgan fingerprint density at radius 2 is 1.42 bits per heavy atom. The molecule has 0 saturated carbocycles. The predicted octanol–water partition coefficient (Wildman–Crippen LogP) is 14.3. The van der Waals surface area contributed by atoms with E-state index in [9.17, 15) is 0 Å². The molecule has 0 spiro atoms. The first-order chi connectivity index (χ1) is 29.0. The highest BCUT2D eigenvalue weighted by atomic mass is 32.1. The number of rotatable bonds is 5. The molecular weight excluding hydrogens is 757 g/mol. The second-order valence-corrected chi connectivity index (χ2v) is 18.3. The number of hydrogen-bond donors (Lipinski definition) is 0. The molecule has 6 heterocycles. The molecular formula is C53H38N4S2. The lowest BCUT2D eigenvalue weighted by Crippen LogP contribution is -2.24. The summed E-state index contributed by atoms with van der Waals surface area (Å²) >= 11 is 3.86. The maximum atomic E-state index is 5.33. The number of allylic oxidation sites excluding steroid dienone is 2. The second kappa shape index (κ2) is 13.3. The third-order valence-corrected chi connectivity index (χ3v) is 15.2. The Hall–Kier alpha value is -6.47. The van der Waals surface area contributed by atoms with Gasteiger partial charge in [0, 0.05) is 63.3 Å². The van der Waals surface area contributed by atoms with E-state index >= 15 is 0 Å². The van der Waals surface area contributed by atoms with E-state index in [4.69, 9.17) is 15.0 Å². The first-order valence-electron chi connectivity index (χ1n) is 20.4. The number of fused-ring (bicyclic) bond motifs is 9. The maximum absolute atomic E-state index is 5.33. The van der Waals surface area contributed by atoms with Gasteiger partial charge in [-0.3, -0.25) is 4.57 Å². The van der Waals surface area contributed by atoms with Gasteiger partial charge >= 0.3 is 0 Å². The van der Waals surface area contributed by atoms with E-state index in [0.717, 1.165) is 52.6 Å². The number of thiophene rings is 2.